The zero-order valence-electron chi connectivity index (χ0n) is 26.4. The fourth-order valence-electron chi connectivity index (χ4n) is 7.81. The van der Waals surface area contributed by atoms with Gasteiger partial charge in [-0.05, 0) is 102 Å². The van der Waals surface area contributed by atoms with Gasteiger partial charge in [-0.3, -0.25) is 0 Å². The molecule has 44 heavy (non-hydrogen) atoms. The SMILES string of the molecule is C=C/C=C\C1=C(C)C2(c3ccccc3-c3ccc(N(c4ccc(C)cc4)c4ccc(C)cc4)cc32)c2ccccc2C1(C)C. The highest BCUT2D eigenvalue weighted by Gasteiger charge is 2.52. The molecule has 2 aliphatic rings. The Hall–Kier alpha value is -4.88. The van der Waals surface area contributed by atoms with E-state index in [0.717, 1.165) is 17.1 Å². The number of rotatable bonds is 5. The van der Waals surface area contributed by atoms with Gasteiger partial charge in [0.2, 0.25) is 0 Å². The van der Waals surface area contributed by atoms with Crippen molar-refractivity contribution in [3.63, 3.8) is 0 Å². The number of fused-ring (bicyclic) bond motifs is 7. The van der Waals surface area contributed by atoms with Gasteiger partial charge in [0.25, 0.3) is 0 Å². The maximum absolute atomic E-state index is 4.01. The Labute approximate surface area is 262 Å². The second kappa shape index (κ2) is 10.4. The molecule has 1 heteroatoms. The highest BCUT2D eigenvalue weighted by atomic mass is 15.1. The number of allylic oxidation sites excluding steroid dienone is 5. The van der Waals surface area contributed by atoms with E-state index >= 15 is 0 Å². The van der Waals surface area contributed by atoms with Gasteiger partial charge in [-0.25, -0.2) is 0 Å². The Kier molecular flexibility index (Phi) is 6.59. The maximum Gasteiger partial charge on any atom is 0.0680 e. The summed E-state index contributed by atoms with van der Waals surface area (Å²) in [6.45, 7) is 15.4. The molecule has 0 radical (unpaired) electrons. The van der Waals surface area contributed by atoms with E-state index in [1.807, 2.05) is 6.08 Å². The molecule has 1 nitrogen and oxygen atoms in total. The summed E-state index contributed by atoms with van der Waals surface area (Å²) in [6, 6.07) is 43.0. The quantitative estimate of drug-likeness (QED) is 0.190. The van der Waals surface area contributed by atoms with Crippen LogP contribution in [0.1, 0.15) is 54.2 Å². The van der Waals surface area contributed by atoms with Gasteiger partial charge < -0.3 is 4.90 Å². The minimum atomic E-state index is -0.416. The number of nitrogens with zero attached hydrogens (tertiary/aromatic N) is 1. The summed E-state index contributed by atoms with van der Waals surface area (Å²) in [6.07, 6.45) is 6.27. The molecule has 1 unspecified atom stereocenters. The highest BCUT2D eigenvalue weighted by molar-refractivity contribution is 5.90. The molecule has 0 N–H and O–H groups in total. The van der Waals surface area contributed by atoms with Gasteiger partial charge >= 0.3 is 0 Å². The first kappa shape index (κ1) is 27.9. The van der Waals surface area contributed by atoms with Crippen molar-refractivity contribution >= 4 is 17.1 Å². The lowest BCUT2D eigenvalue weighted by Crippen LogP contribution is -2.40. The molecule has 0 bridgehead atoms. The van der Waals surface area contributed by atoms with Crippen molar-refractivity contribution in [1.82, 2.24) is 0 Å². The molecule has 5 aromatic carbocycles. The summed E-state index contributed by atoms with van der Waals surface area (Å²) in [5, 5.41) is 0. The van der Waals surface area contributed by atoms with Crippen LogP contribution in [0.15, 0.2) is 151 Å². The summed E-state index contributed by atoms with van der Waals surface area (Å²) < 4.78 is 0. The zero-order chi connectivity index (χ0) is 30.6. The third-order valence-corrected chi connectivity index (χ3v) is 9.91. The Bertz CT molecular complexity index is 1920. The predicted molar refractivity (Wildman–Crippen MR) is 187 cm³/mol. The Balaban J connectivity index is 1.57. The predicted octanol–water partition coefficient (Wildman–Crippen LogP) is 11.4. The third kappa shape index (κ3) is 3.99. The van der Waals surface area contributed by atoms with Crippen LogP contribution in [0, 0.1) is 13.8 Å². The van der Waals surface area contributed by atoms with Crippen molar-refractivity contribution in [3.05, 3.63) is 185 Å². The molecule has 7 rings (SSSR count). The van der Waals surface area contributed by atoms with Crippen LogP contribution < -0.4 is 4.90 Å². The van der Waals surface area contributed by atoms with Crippen LogP contribution >= 0.6 is 0 Å². The summed E-state index contributed by atoms with van der Waals surface area (Å²) in [5.74, 6) is 0. The molecule has 0 saturated carbocycles. The molecule has 0 saturated heterocycles. The van der Waals surface area contributed by atoms with Gasteiger partial charge in [-0.2, -0.15) is 0 Å². The van der Waals surface area contributed by atoms with Gasteiger partial charge in [0.1, 0.15) is 0 Å². The average molecular weight is 570 g/mol. The fraction of sp³-hybridized carbons (Fsp3) is 0.163. The lowest BCUT2D eigenvalue weighted by atomic mass is 9.56. The second-order valence-corrected chi connectivity index (χ2v) is 12.8. The number of hydrogen-bond donors (Lipinski definition) is 0. The summed E-state index contributed by atoms with van der Waals surface area (Å²) in [7, 11) is 0. The molecule has 2 aliphatic carbocycles. The van der Waals surface area contributed by atoms with E-state index in [1.54, 1.807) is 0 Å². The van der Waals surface area contributed by atoms with Crippen molar-refractivity contribution in [1.29, 1.82) is 0 Å². The first-order valence-corrected chi connectivity index (χ1v) is 15.6. The van der Waals surface area contributed by atoms with E-state index < -0.39 is 5.41 Å². The third-order valence-electron chi connectivity index (χ3n) is 9.91. The summed E-state index contributed by atoms with van der Waals surface area (Å²) in [4.78, 5) is 2.39. The molecule has 0 amide bonds. The zero-order valence-corrected chi connectivity index (χ0v) is 26.4. The van der Waals surface area contributed by atoms with Crippen molar-refractivity contribution < 1.29 is 0 Å². The summed E-state index contributed by atoms with van der Waals surface area (Å²) >= 11 is 0. The van der Waals surface area contributed by atoms with E-state index in [9.17, 15) is 0 Å². The van der Waals surface area contributed by atoms with Gasteiger partial charge in [-0.1, -0.05) is 129 Å². The first-order valence-electron chi connectivity index (χ1n) is 15.6. The van der Waals surface area contributed by atoms with Crippen LogP contribution in [0.4, 0.5) is 17.1 Å². The number of anilines is 3. The molecule has 1 spiro atoms. The number of hydrogen-bond acceptors (Lipinski definition) is 1. The topological polar surface area (TPSA) is 3.24 Å². The van der Waals surface area contributed by atoms with Crippen LogP contribution in [-0.4, -0.2) is 0 Å². The Morgan fingerprint density at radius 2 is 1.09 bits per heavy atom. The lowest BCUT2D eigenvalue weighted by molar-refractivity contribution is 0.558. The molecule has 1 atom stereocenters. The van der Waals surface area contributed by atoms with Crippen molar-refractivity contribution in [2.24, 2.45) is 0 Å². The van der Waals surface area contributed by atoms with Crippen molar-refractivity contribution in [2.75, 3.05) is 4.90 Å². The highest BCUT2D eigenvalue weighted by Crippen LogP contribution is 2.62. The van der Waals surface area contributed by atoms with E-state index in [2.05, 4.69) is 174 Å². The molecule has 0 fully saturated rings. The van der Waals surface area contributed by atoms with E-state index in [-0.39, 0.29) is 5.41 Å². The van der Waals surface area contributed by atoms with E-state index in [1.165, 1.54) is 55.7 Å². The minimum Gasteiger partial charge on any atom is -0.310 e. The van der Waals surface area contributed by atoms with Crippen LogP contribution in [-0.2, 0) is 10.8 Å². The maximum atomic E-state index is 4.01. The molecule has 5 aromatic rings. The van der Waals surface area contributed by atoms with Crippen LogP contribution in [0.2, 0.25) is 0 Å². The smallest absolute Gasteiger partial charge is 0.0680 e. The van der Waals surface area contributed by atoms with Crippen LogP contribution in [0.3, 0.4) is 0 Å². The number of aryl methyl sites for hydroxylation is 2. The van der Waals surface area contributed by atoms with Crippen molar-refractivity contribution in [2.45, 2.75) is 45.4 Å². The molecular formula is C43H39N. The molecule has 0 heterocycles. The van der Waals surface area contributed by atoms with Gasteiger partial charge in [-0.15, -0.1) is 0 Å². The Morgan fingerprint density at radius 1 is 0.568 bits per heavy atom. The van der Waals surface area contributed by atoms with Crippen LogP contribution in [0.25, 0.3) is 11.1 Å². The standard InChI is InChI=1S/C43H39N/c1-7-8-14-37-31(4)43(40-17-12-11-16-39(40)42(37,5)6)38-15-10-9-13-35(38)36-27-26-34(28-41(36)43)44(32-22-18-29(2)19-23-32)33-24-20-30(3)21-25-33/h7-28H,1H2,2-6H3/b14-8-. The fourth-order valence-corrected chi connectivity index (χ4v) is 7.81. The largest absolute Gasteiger partial charge is 0.310 e. The number of benzene rings is 5. The molecular weight excluding hydrogens is 530 g/mol. The van der Waals surface area contributed by atoms with Gasteiger partial charge in [0.15, 0.2) is 0 Å². The van der Waals surface area contributed by atoms with E-state index in [4.69, 9.17) is 0 Å². The average Bonchev–Trinajstić information content (AvgIpc) is 3.33. The normalized spacial score (nSPS) is 17.8. The minimum absolute atomic E-state index is 0.156. The Morgan fingerprint density at radius 3 is 1.70 bits per heavy atom. The molecule has 216 valence electrons. The second-order valence-electron chi connectivity index (χ2n) is 12.8. The van der Waals surface area contributed by atoms with Gasteiger partial charge in [0.05, 0.1) is 5.41 Å². The van der Waals surface area contributed by atoms with Crippen LogP contribution in [0.5, 0.6) is 0 Å². The summed E-state index contributed by atoms with van der Waals surface area (Å²) in [5.41, 5.74) is 16.2. The monoisotopic (exact) mass is 569 g/mol. The lowest BCUT2D eigenvalue weighted by Gasteiger charge is -2.47. The van der Waals surface area contributed by atoms with E-state index in [0.29, 0.717) is 0 Å². The van der Waals surface area contributed by atoms with Crippen molar-refractivity contribution in [3.8, 4) is 11.1 Å². The molecule has 0 aromatic heterocycles. The molecule has 0 aliphatic heterocycles. The van der Waals surface area contributed by atoms with Gasteiger partial charge in [0, 0.05) is 22.5 Å². The first-order chi connectivity index (χ1) is 21.3.